The maximum atomic E-state index is 11.8. The molecule has 1 aromatic heterocycles. The average molecular weight is 334 g/mol. The predicted octanol–water partition coefficient (Wildman–Crippen LogP) is 2.02. The van der Waals surface area contributed by atoms with Gasteiger partial charge in [-0.05, 0) is 15.9 Å². The SMILES string of the molecule is COC(=O)C1CC(=O)N(c2cc(Cl)c(Br)cn2)C1. The summed E-state index contributed by atoms with van der Waals surface area (Å²) in [5, 5.41) is 0.467. The van der Waals surface area contributed by atoms with Gasteiger partial charge in [-0.1, -0.05) is 11.6 Å². The van der Waals surface area contributed by atoms with Crippen LogP contribution in [-0.2, 0) is 14.3 Å². The molecule has 1 fully saturated rings. The molecule has 1 atom stereocenters. The number of esters is 1. The van der Waals surface area contributed by atoms with E-state index in [-0.39, 0.29) is 24.8 Å². The number of halogens is 2. The summed E-state index contributed by atoms with van der Waals surface area (Å²) < 4.78 is 5.29. The molecular weight excluding hydrogens is 323 g/mol. The Bertz CT molecular complexity index is 509. The molecular formula is C11H10BrClN2O3. The lowest BCUT2D eigenvalue weighted by atomic mass is 10.1. The molecule has 1 aliphatic rings. The van der Waals surface area contributed by atoms with Crippen molar-refractivity contribution in [3.8, 4) is 0 Å². The van der Waals surface area contributed by atoms with Crippen LogP contribution >= 0.6 is 27.5 Å². The standard InChI is InChI=1S/C11H10BrClN2O3/c1-18-11(17)6-2-10(16)15(5-6)9-3-8(13)7(12)4-14-9/h3-4,6H,2,5H2,1H3. The Hall–Kier alpha value is -1.14. The first-order valence-electron chi connectivity index (χ1n) is 5.22. The third kappa shape index (κ3) is 2.49. The Kier molecular flexibility index (Phi) is 3.87. The fraction of sp³-hybridized carbons (Fsp3) is 0.364. The molecule has 1 aliphatic heterocycles. The Morgan fingerprint density at radius 2 is 2.39 bits per heavy atom. The van der Waals surface area contributed by atoms with E-state index in [1.165, 1.54) is 18.2 Å². The normalized spacial score (nSPS) is 19.2. The lowest BCUT2D eigenvalue weighted by Gasteiger charge is -2.15. The van der Waals surface area contributed by atoms with Crippen molar-refractivity contribution < 1.29 is 14.3 Å². The van der Waals surface area contributed by atoms with Gasteiger partial charge in [-0.3, -0.25) is 14.5 Å². The third-order valence-corrected chi connectivity index (χ3v) is 3.90. The number of anilines is 1. The molecule has 0 bridgehead atoms. The summed E-state index contributed by atoms with van der Waals surface area (Å²) in [5.41, 5.74) is 0. The number of ether oxygens (including phenoxy) is 1. The van der Waals surface area contributed by atoms with Crippen molar-refractivity contribution in [3.05, 3.63) is 21.8 Å². The van der Waals surface area contributed by atoms with E-state index in [0.717, 1.165) is 0 Å². The minimum Gasteiger partial charge on any atom is -0.469 e. The summed E-state index contributed by atoms with van der Waals surface area (Å²) in [4.78, 5) is 28.8. The number of hydrogen-bond donors (Lipinski definition) is 0. The van der Waals surface area contributed by atoms with E-state index < -0.39 is 5.92 Å². The number of carbonyl (C=O) groups excluding carboxylic acids is 2. The van der Waals surface area contributed by atoms with Crippen molar-refractivity contribution in [2.75, 3.05) is 18.6 Å². The molecule has 96 valence electrons. The van der Waals surface area contributed by atoms with Crippen LogP contribution in [0.25, 0.3) is 0 Å². The molecule has 18 heavy (non-hydrogen) atoms. The molecule has 1 amide bonds. The van der Waals surface area contributed by atoms with Gasteiger partial charge in [0.1, 0.15) is 5.82 Å². The van der Waals surface area contributed by atoms with Crippen LogP contribution in [0.1, 0.15) is 6.42 Å². The van der Waals surface area contributed by atoms with Crippen molar-refractivity contribution in [2.24, 2.45) is 5.92 Å². The van der Waals surface area contributed by atoms with E-state index in [1.54, 1.807) is 6.07 Å². The molecule has 2 heterocycles. The quantitative estimate of drug-likeness (QED) is 0.777. The van der Waals surface area contributed by atoms with Gasteiger partial charge in [-0.2, -0.15) is 0 Å². The van der Waals surface area contributed by atoms with Gasteiger partial charge in [-0.15, -0.1) is 0 Å². The van der Waals surface area contributed by atoms with Crippen LogP contribution in [0.4, 0.5) is 5.82 Å². The summed E-state index contributed by atoms with van der Waals surface area (Å²) in [7, 11) is 1.31. The molecule has 0 radical (unpaired) electrons. The fourth-order valence-corrected chi connectivity index (χ4v) is 2.17. The highest BCUT2D eigenvalue weighted by Crippen LogP contribution is 2.29. The number of carbonyl (C=O) groups is 2. The van der Waals surface area contributed by atoms with Gasteiger partial charge < -0.3 is 4.74 Å². The maximum absolute atomic E-state index is 11.8. The Morgan fingerprint density at radius 1 is 1.67 bits per heavy atom. The number of amides is 1. The molecule has 0 aromatic carbocycles. The number of aromatic nitrogens is 1. The lowest BCUT2D eigenvalue weighted by molar-refractivity contribution is -0.145. The number of pyridine rings is 1. The second-order valence-electron chi connectivity index (χ2n) is 3.89. The Labute approximate surface area is 117 Å². The first kappa shape index (κ1) is 13.3. The second kappa shape index (κ2) is 5.24. The van der Waals surface area contributed by atoms with Crippen molar-refractivity contribution in [3.63, 3.8) is 0 Å². The van der Waals surface area contributed by atoms with Gasteiger partial charge in [0.25, 0.3) is 0 Å². The Balaban J connectivity index is 2.21. The first-order valence-corrected chi connectivity index (χ1v) is 6.39. The van der Waals surface area contributed by atoms with E-state index >= 15 is 0 Å². The predicted molar refractivity (Wildman–Crippen MR) is 69.4 cm³/mol. The molecule has 1 aromatic rings. The van der Waals surface area contributed by atoms with Crippen molar-refractivity contribution >= 4 is 45.2 Å². The molecule has 2 rings (SSSR count). The number of methoxy groups -OCH3 is 1. The third-order valence-electron chi connectivity index (χ3n) is 2.73. The molecule has 5 nitrogen and oxygen atoms in total. The fourth-order valence-electron chi connectivity index (χ4n) is 1.81. The highest BCUT2D eigenvalue weighted by molar-refractivity contribution is 9.10. The van der Waals surface area contributed by atoms with Crippen LogP contribution in [0.5, 0.6) is 0 Å². The molecule has 1 saturated heterocycles. The van der Waals surface area contributed by atoms with Gasteiger partial charge in [-0.25, -0.2) is 4.98 Å². The van der Waals surface area contributed by atoms with Gasteiger partial charge in [0.05, 0.1) is 22.5 Å². The van der Waals surface area contributed by atoms with E-state index in [9.17, 15) is 9.59 Å². The van der Waals surface area contributed by atoms with Gasteiger partial charge in [0.2, 0.25) is 5.91 Å². The lowest BCUT2D eigenvalue weighted by Crippen LogP contribution is -2.27. The summed E-state index contributed by atoms with van der Waals surface area (Å²) in [6.07, 6.45) is 1.67. The summed E-state index contributed by atoms with van der Waals surface area (Å²) in [5.74, 6) is -0.531. The minimum atomic E-state index is -0.438. The van der Waals surface area contributed by atoms with E-state index in [1.807, 2.05) is 0 Å². The first-order chi connectivity index (χ1) is 8.52. The zero-order valence-corrected chi connectivity index (χ0v) is 11.9. The number of hydrogen-bond acceptors (Lipinski definition) is 4. The summed E-state index contributed by atoms with van der Waals surface area (Å²) in [6, 6.07) is 1.59. The van der Waals surface area contributed by atoms with Crippen LogP contribution in [-0.4, -0.2) is 30.5 Å². The van der Waals surface area contributed by atoms with Crippen molar-refractivity contribution in [1.29, 1.82) is 0 Å². The largest absolute Gasteiger partial charge is 0.469 e. The molecule has 0 aliphatic carbocycles. The van der Waals surface area contributed by atoms with Crippen molar-refractivity contribution in [1.82, 2.24) is 4.98 Å². The average Bonchev–Trinajstić information content (AvgIpc) is 2.74. The summed E-state index contributed by atoms with van der Waals surface area (Å²) in [6.45, 7) is 0.274. The molecule has 0 N–H and O–H groups in total. The van der Waals surface area contributed by atoms with Crippen molar-refractivity contribution in [2.45, 2.75) is 6.42 Å². The molecule has 0 saturated carbocycles. The zero-order chi connectivity index (χ0) is 13.3. The van der Waals surface area contributed by atoms with Crippen LogP contribution in [0.3, 0.4) is 0 Å². The Morgan fingerprint density at radius 3 is 3.00 bits per heavy atom. The summed E-state index contributed by atoms with van der Waals surface area (Å²) >= 11 is 9.18. The van der Waals surface area contributed by atoms with Crippen LogP contribution in [0, 0.1) is 5.92 Å². The van der Waals surface area contributed by atoms with E-state index in [4.69, 9.17) is 11.6 Å². The smallest absolute Gasteiger partial charge is 0.311 e. The molecule has 0 spiro atoms. The molecule has 1 unspecified atom stereocenters. The van der Waals surface area contributed by atoms with E-state index in [2.05, 4.69) is 25.7 Å². The van der Waals surface area contributed by atoms with Gasteiger partial charge in [0, 0.05) is 25.2 Å². The van der Waals surface area contributed by atoms with Crippen LogP contribution in [0.15, 0.2) is 16.7 Å². The van der Waals surface area contributed by atoms with Crippen LogP contribution in [0.2, 0.25) is 5.02 Å². The highest BCUT2D eigenvalue weighted by atomic mass is 79.9. The second-order valence-corrected chi connectivity index (χ2v) is 5.15. The zero-order valence-electron chi connectivity index (χ0n) is 9.52. The highest BCUT2D eigenvalue weighted by Gasteiger charge is 2.36. The number of rotatable bonds is 2. The van der Waals surface area contributed by atoms with Gasteiger partial charge >= 0.3 is 5.97 Å². The maximum Gasteiger partial charge on any atom is 0.311 e. The van der Waals surface area contributed by atoms with E-state index in [0.29, 0.717) is 15.3 Å². The van der Waals surface area contributed by atoms with Crippen LogP contribution < -0.4 is 4.90 Å². The molecule has 7 heteroatoms. The van der Waals surface area contributed by atoms with Gasteiger partial charge in [0.15, 0.2) is 0 Å². The minimum absolute atomic E-state index is 0.141. The monoisotopic (exact) mass is 332 g/mol. The number of nitrogens with zero attached hydrogens (tertiary/aromatic N) is 2. The topological polar surface area (TPSA) is 59.5 Å².